The fraction of sp³-hybridized carbons (Fsp3) is 0.0500. The third kappa shape index (κ3) is 5.56. The van der Waals surface area contributed by atoms with Crippen LogP contribution in [0, 0.1) is 0 Å². The molecule has 1 aromatic heterocycles. The molecular formula is C20H17ClN2O4S. The molecule has 28 heavy (non-hydrogen) atoms. The Balaban J connectivity index is 1.59. The van der Waals surface area contributed by atoms with Crippen LogP contribution in [0.4, 0.5) is 5.69 Å². The lowest BCUT2D eigenvalue weighted by atomic mass is 10.2. The summed E-state index contributed by atoms with van der Waals surface area (Å²) in [6.07, 6.45) is 4.44. The van der Waals surface area contributed by atoms with Crippen LogP contribution < -0.4 is 10.0 Å². The quantitative estimate of drug-likeness (QED) is 0.568. The lowest BCUT2D eigenvalue weighted by molar-refractivity contribution is -0.111. The number of carbonyl (C=O) groups excluding carboxylic acids is 1. The second kappa shape index (κ2) is 8.88. The molecule has 1 amide bonds. The summed E-state index contributed by atoms with van der Waals surface area (Å²) >= 11 is 5.80. The predicted molar refractivity (Wildman–Crippen MR) is 108 cm³/mol. The summed E-state index contributed by atoms with van der Waals surface area (Å²) in [7, 11) is -3.65. The van der Waals surface area contributed by atoms with Crippen molar-refractivity contribution < 1.29 is 17.6 Å². The maximum atomic E-state index is 12.3. The second-order valence-electron chi connectivity index (χ2n) is 5.80. The Hall–Kier alpha value is -2.87. The van der Waals surface area contributed by atoms with Gasteiger partial charge in [-0.1, -0.05) is 23.7 Å². The highest BCUT2D eigenvalue weighted by atomic mass is 35.5. The number of amides is 1. The van der Waals surface area contributed by atoms with E-state index < -0.39 is 10.0 Å². The van der Waals surface area contributed by atoms with Gasteiger partial charge < -0.3 is 9.73 Å². The molecule has 3 aromatic rings. The van der Waals surface area contributed by atoms with E-state index >= 15 is 0 Å². The Morgan fingerprint density at radius 3 is 2.39 bits per heavy atom. The monoisotopic (exact) mass is 416 g/mol. The van der Waals surface area contributed by atoms with E-state index in [9.17, 15) is 13.2 Å². The molecule has 0 aliphatic rings. The van der Waals surface area contributed by atoms with Crippen LogP contribution in [0.3, 0.4) is 0 Å². The molecule has 0 fully saturated rings. The summed E-state index contributed by atoms with van der Waals surface area (Å²) in [6, 6.07) is 16.3. The van der Waals surface area contributed by atoms with Crippen molar-refractivity contribution in [1.82, 2.24) is 4.72 Å². The minimum atomic E-state index is -3.65. The first-order chi connectivity index (χ1) is 13.4. The van der Waals surface area contributed by atoms with Gasteiger partial charge in [0, 0.05) is 16.8 Å². The van der Waals surface area contributed by atoms with Gasteiger partial charge in [-0.05, 0) is 60.2 Å². The maximum Gasteiger partial charge on any atom is 0.248 e. The molecule has 144 valence electrons. The highest BCUT2D eigenvalue weighted by Crippen LogP contribution is 2.15. The van der Waals surface area contributed by atoms with Gasteiger partial charge in [0.1, 0.15) is 5.76 Å². The van der Waals surface area contributed by atoms with E-state index in [2.05, 4.69) is 10.0 Å². The zero-order valence-corrected chi connectivity index (χ0v) is 16.2. The van der Waals surface area contributed by atoms with Crippen LogP contribution in [-0.2, 0) is 21.4 Å². The van der Waals surface area contributed by atoms with Gasteiger partial charge in [0.2, 0.25) is 15.9 Å². The van der Waals surface area contributed by atoms with Gasteiger partial charge in [-0.25, -0.2) is 13.1 Å². The van der Waals surface area contributed by atoms with Crippen LogP contribution in [0.15, 0.2) is 82.3 Å². The molecule has 0 saturated carbocycles. The first-order valence-corrected chi connectivity index (χ1v) is 10.2. The number of furan rings is 1. The van der Waals surface area contributed by atoms with Crippen molar-refractivity contribution in [3.05, 3.63) is 89.3 Å². The number of hydrogen-bond donors (Lipinski definition) is 2. The molecule has 2 aromatic carbocycles. The number of nitrogens with one attached hydrogen (secondary N) is 2. The van der Waals surface area contributed by atoms with E-state index in [1.807, 2.05) is 0 Å². The zero-order chi connectivity index (χ0) is 20.0. The van der Waals surface area contributed by atoms with E-state index in [1.165, 1.54) is 24.5 Å². The van der Waals surface area contributed by atoms with Gasteiger partial charge in [-0.2, -0.15) is 0 Å². The summed E-state index contributed by atoms with van der Waals surface area (Å²) in [6.45, 7) is 0.0713. The SMILES string of the molecule is O=C(/C=C/c1ccc(S(=O)(=O)NCc2ccco2)cc1)Nc1ccc(Cl)cc1. The number of halogens is 1. The van der Waals surface area contributed by atoms with Crippen LogP contribution in [0.2, 0.25) is 5.02 Å². The van der Waals surface area contributed by atoms with Crippen LogP contribution >= 0.6 is 11.6 Å². The standard InChI is InChI=1S/C20H17ClN2O4S/c21-16-6-8-17(9-7-16)23-20(24)12-5-15-3-10-19(11-4-15)28(25,26)22-14-18-2-1-13-27-18/h1-13,22H,14H2,(H,23,24)/b12-5+. The largest absolute Gasteiger partial charge is 0.468 e. The average molecular weight is 417 g/mol. The molecule has 0 aliphatic heterocycles. The number of hydrogen-bond acceptors (Lipinski definition) is 4. The smallest absolute Gasteiger partial charge is 0.248 e. The summed E-state index contributed by atoms with van der Waals surface area (Å²) in [4.78, 5) is 12.1. The molecule has 0 atom stereocenters. The molecule has 0 spiro atoms. The summed E-state index contributed by atoms with van der Waals surface area (Å²) in [5, 5.41) is 3.29. The predicted octanol–water partition coefficient (Wildman–Crippen LogP) is 4.06. The Labute approximate surface area is 167 Å². The summed E-state index contributed by atoms with van der Waals surface area (Å²) in [5.41, 5.74) is 1.32. The number of carbonyl (C=O) groups is 1. The molecular weight excluding hydrogens is 400 g/mol. The van der Waals surface area contributed by atoms with E-state index in [1.54, 1.807) is 54.6 Å². The van der Waals surface area contributed by atoms with Gasteiger partial charge in [0.15, 0.2) is 0 Å². The highest BCUT2D eigenvalue weighted by molar-refractivity contribution is 7.89. The van der Waals surface area contributed by atoms with Crippen LogP contribution in [-0.4, -0.2) is 14.3 Å². The molecule has 6 nitrogen and oxygen atoms in total. The van der Waals surface area contributed by atoms with E-state index in [-0.39, 0.29) is 17.3 Å². The normalized spacial score (nSPS) is 11.6. The molecule has 0 bridgehead atoms. The molecule has 0 saturated heterocycles. The molecule has 8 heteroatoms. The van der Waals surface area contributed by atoms with Gasteiger partial charge in [-0.15, -0.1) is 0 Å². The van der Waals surface area contributed by atoms with Gasteiger partial charge in [0.05, 0.1) is 17.7 Å². The van der Waals surface area contributed by atoms with Crippen LogP contribution in [0.5, 0.6) is 0 Å². The summed E-state index contributed by atoms with van der Waals surface area (Å²) in [5.74, 6) is 0.217. The van der Waals surface area contributed by atoms with Crippen molar-refractivity contribution >= 4 is 39.3 Å². The van der Waals surface area contributed by atoms with Crippen LogP contribution in [0.25, 0.3) is 6.08 Å². The van der Waals surface area contributed by atoms with Crippen molar-refractivity contribution in [2.45, 2.75) is 11.4 Å². The third-order valence-electron chi connectivity index (χ3n) is 3.75. The van der Waals surface area contributed by atoms with Crippen molar-refractivity contribution in [2.75, 3.05) is 5.32 Å². The highest BCUT2D eigenvalue weighted by Gasteiger charge is 2.13. The third-order valence-corrected chi connectivity index (χ3v) is 5.41. The van der Waals surface area contributed by atoms with Crippen molar-refractivity contribution in [2.24, 2.45) is 0 Å². The fourth-order valence-corrected chi connectivity index (χ4v) is 3.43. The minimum Gasteiger partial charge on any atom is -0.468 e. The average Bonchev–Trinajstić information content (AvgIpc) is 3.21. The first-order valence-electron chi connectivity index (χ1n) is 8.29. The zero-order valence-electron chi connectivity index (χ0n) is 14.6. The molecule has 0 radical (unpaired) electrons. The topological polar surface area (TPSA) is 88.4 Å². The number of anilines is 1. The Kier molecular flexibility index (Phi) is 6.30. The number of benzene rings is 2. The molecule has 0 unspecified atom stereocenters. The first kappa shape index (κ1) is 19.9. The minimum absolute atomic E-state index is 0.0713. The van der Waals surface area contributed by atoms with E-state index in [4.69, 9.17) is 16.0 Å². The van der Waals surface area contributed by atoms with E-state index in [0.717, 1.165) is 0 Å². The lowest BCUT2D eigenvalue weighted by Crippen LogP contribution is -2.22. The van der Waals surface area contributed by atoms with Crippen molar-refractivity contribution in [3.63, 3.8) is 0 Å². The van der Waals surface area contributed by atoms with Gasteiger partial charge in [0.25, 0.3) is 0 Å². The molecule has 0 aliphatic carbocycles. The fourth-order valence-electron chi connectivity index (χ4n) is 2.31. The number of sulfonamides is 1. The molecule has 2 N–H and O–H groups in total. The maximum absolute atomic E-state index is 12.3. The lowest BCUT2D eigenvalue weighted by Gasteiger charge is -2.06. The summed E-state index contributed by atoms with van der Waals surface area (Å²) < 4.78 is 32.1. The van der Waals surface area contributed by atoms with Gasteiger partial charge in [-0.3, -0.25) is 4.79 Å². The van der Waals surface area contributed by atoms with Gasteiger partial charge >= 0.3 is 0 Å². The number of rotatable bonds is 7. The molecule has 3 rings (SSSR count). The Morgan fingerprint density at radius 1 is 1.04 bits per heavy atom. The van der Waals surface area contributed by atoms with Crippen LogP contribution in [0.1, 0.15) is 11.3 Å². The second-order valence-corrected chi connectivity index (χ2v) is 8.01. The Morgan fingerprint density at radius 2 is 1.75 bits per heavy atom. The Bertz CT molecular complexity index is 1060. The van der Waals surface area contributed by atoms with Crippen molar-refractivity contribution in [1.29, 1.82) is 0 Å². The molecule has 1 heterocycles. The van der Waals surface area contributed by atoms with Crippen molar-refractivity contribution in [3.8, 4) is 0 Å². The van der Waals surface area contributed by atoms with E-state index in [0.29, 0.717) is 22.0 Å².